The van der Waals surface area contributed by atoms with E-state index >= 15 is 0 Å². The number of carbonyl (C=O) groups excluding carboxylic acids is 1. The molecule has 0 aliphatic carbocycles. The third kappa shape index (κ3) is 5.10. The molecule has 0 unspecified atom stereocenters. The van der Waals surface area contributed by atoms with Gasteiger partial charge < -0.3 is 16.4 Å². The first-order valence-corrected chi connectivity index (χ1v) is 10.6. The largest absolute Gasteiger partial charge is 0.382 e. The fraction of sp³-hybridized carbons (Fsp3) is 0.120. The number of hydrogen-bond donors (Lipinski definition) is 3. The van der Waals surface area contributed by atoms with E-state index in [9.17, 15) is 4.79 Å². The summed E-state index contributed by atoms with van der Waals surface area (Å²) in [4.78, 5) is 12.7. The number of aryl methyl sites for hydroxylation is 1. The normalized spacial score (nSPS) is 10.7. The summed E-state index contributed by atoms with van der Waals surface area (Å²) in [5.74, 6) is 0.379. The van der Waals surface area contributed by atoms with Crippen LogP contribution in [0.1, 0.15) is 16.7 Å². The first-order valence-electron chi connectivity index (χ1n) is 10.3. The second kappa shape index (κ2) is 9.58. The number of carbonyl (C=O) groups is 1. The predicted octanol–water partition coefficient (Wildman–Crippen LogP) is 5.46. The van der Waals surface area contributed by atoms with E-state index < -0.39 is 0 Å². The Hall–Kier alpha value is -3.77. The summed E-state index contributed by atoms with van der Waals surface area (Å²) in [6.07, 6.45) is 0. The van der Waals surface area contributed by atoms with Crippen molar-refractivity contribution >= 4 is 29.1 Å². The third-order valence-electron chi connectivity index (χ3n) is 5.06. The summed E-state index contributed by atoms with van der Waals surface area (Å²) in [5, 5.41) is 11.1. The van der Waals surface area contributed by atoms with Gasteiger partial charge in [0.2, 0.25) is 0 Å². The number of rotatable bonds is 6. The van der Waals surface area contributed by atoms with Gasteiger partial charge in [-0.05, 0) is 30.2 Å². The number of nitrogen functional groups attached to an aromatic ring is 1. The molecule has 0 saturated carbocycles. The molecular weight excluding hydrogens is 422 g/mol. The molecule has 4 N–H and O–H groups in total. The highest BCUT2D eigenvalue weighted by Gasteiger charge is 2.19. The first kappa shape index (κ1) is 21.5. The minimum atomic E-state index is -0.354. The molecule has 162 valence electrons. The van der Waals surface area contributed by atoms with E-state index in [1.54, 1.807) is 16.8 Å². The van der Waals surface area contributed by atoms with Gasteiger partial charge in [-0.2, -0.15) is 5.10 Å². The molecule has 0 radical (unpaired) electrons. The molecule has 4 rings (SSSR count). The van der Waals surface area contributed by atoms with Gasteiger partial charge >= 0.3 is 6.03 Å². The van der Waals surface area contributed by atoms with Crippen molar-refractivity contribution in [2.45, 2.75) is 20.0 Å². The zero-order valence-electron chi connectivity index (χ0n) is 17.7. The minimum Gasteiger partial charge on any atom is -0.382 e. The molecule has 1 heterocycles. The second-order valence-electron chi connectivity index (χ2n) is 7.56. The van der Waals surface area contributed by atoms with Crippen molar-refractivity contribution in [2.24, 2.45) is 0 Å². The Bertz CT molecular complexity index is 1220. The van der Waals surface area contributed by atoms with Crippen molar-refractivity contribution in [3.05, 3.63) is 101 Å². The molecule has 3 aromatic carbocycles. The maximum Gasteiger partial charge on any atom is 0.319 e. The highest BCUT2D eigenvalue weighted by Crippen LogP contribution is 2.33. The number of aromatic nitrogens is 2. The standard InChI is InChI=1S/C25H24ClN5O/c1-17-6-5-9-19(14-17)15-28-25(32)29-23-22(20-10-12-21(26)13-11-20)30-31(24(23)27)16-18-7-3-2-4-8-18/h2-14H,15-16,27H2,1H3,(H2,28,29,32). The van der Waals surface area contributed by atoms with Crippen LogP contribution >= 0.6 is 11.6 Å². The van der Waals surface area contributed by atoms with Gasteiger partial charge in [-0.25, -0.2) is 9.48 Å². The number of nitrogens with two attached hydrogens (primary N) is 1. The van der Waals surface area contributed by atoms with Gasteiger partial charge in [0, 0.05) is 17.1 Å². The third-order valence-corrected chi connectivity index (χ3v) is 5.31. The molecule has 0 spiro atoms. The highest BCUT2D eigenvalue weighted by molar-refractivity contribution is 6.30. The van der Waals surface area contributed by atoms with E-state index in [0.717, 1.165) is 22.3 Å². The summed E-state index contributed by atoms with van der Waals surface area (Å²) < 4.78 is 1.69. The lowest BCUT2D eigenvalue weighted by Gasteiger charge is -2.10. The number of urea groups is 1. The van der Waals surface area contributed by atoms with E-state index in [1.165, 1.54) is 0 Å². The summed E-state index contributed by atoms with van der Waals surface area (Å²) in [6, 6.07) is 24.8. The minimum absolute atomic E-state index is 0.354. The molecule has 1 aromatic heterocycles. The fourth-order valence-electron chi connectivity index (χ4n) is 3.45. The van der Waals surface area contributed by atoms with Crippen LogP contribution in [0.2, 0.25) is 5.02 Å². The predicted molar refractivity (Wildman–Crippen MR) is 130 cm³/mol. The average Bonchev–Trinajstić information content (AvgIpc) is 3.09. The van der Waals surface area contributed by atoms with Crippen molar-refractivity contribution in [3.8, 4) is 11.3 Å². The van der Waals surface area contributed by atoms with E-state index in [1.807, 2.05) is 73.7 Å². The van der Waals surface area contributed by atoms with Crippen LogP contribution in [-0.2, 0) is 13.1 Å². The maximum absolute atomic E-state index is 12.7. The molecule has 0 atom stereocenters. The average molecular weight is 446 g/mol. The first-order chi connectivity index (χ1) is 15.5. The molecular formula is C25H24ClN5O. The smallest absolute Gasteiger partial charge is 0.319 e. The van der Waals surface area contributed by atoms with Gasteiger partial charge in [-0.3, -0.25) is 0 Å². The lowest BCUT2D eigenvalue weighted by atomic mass is 10.1. The van der Waals surface area contributed by atoms with Gasteiger partial charge in [0.1, 0.15) is 17.2 Å². The highest BCUT2D eigenvalue weighted by atomic mass is 35.5. The molecule has 4 aromatic rings. The second-order valence-corrected chi connectivity index (χ2v) is 7.99. The van der Waals surface area contributed by atoms with Crippen molar-refractivity contribution in [3.63, 3.8) is 0 Å². The zero-order valence-corrected chi connectivity index (χ0v) is 18.4. The van der Waals surface area contributed by atoms with Crippen LogP contribution in [0.3, 0.4) is 0 Å². The van der Waals surface area contributed by atoms with Gasteiger partial charge in [-0.15, -0.1) is 0 Å². The summed E-state index contributed by atoms with van der Waals surface area (Å²) in [5.41, 5.74) is 11.5. The van der Waals surface area contributed by atoms with Crippen LogP contribution in [0.15, 0.2) is 78.9 Å². The van der Waals surface area contributed by atoms with Crippen molar-refractivity contribution in [1.82, 2.24) is 15.1 Å². The number of hydrogen-bond acceptors (Lipinski definition) is 3. The van der Waals surface area contributed by atoms with Crippen molar-refractivity contribution < 1.29 is 4.79 Å². The topological polar surface area (TPSA) is 85.0 Å². The Kier molecular flexibility index (Phi) is 6.42. The lowest BCUT2D eigenvalue weighted by molar-refractivity contribution is 0.252. The monoisotopic (exact) mass is 445 g/mol. The van der Waals surface area contributed by atoms with Gasteiger partial charge in [0.15, 0.2) is 0 Å². The Morgan fingerprint density at radius 3 is 2.44 bits per heavy atom. The molecule has 2 amide bonds. The molecule has 6 nitrogen and oxygen atoms in total. The number of nitrogens with zero attached hydrogens (tertiary/aromatic N) is 2. The van der Waals surface area contributed by atoms with Crippen LogP contribution < -0.4 is 16.4 Å². The zero-order chi connectivity index (χ0) is 22.5. The van der Waals surface area contributed by atoms with Gasteiger partial charge in [0.05, 0.1) is 6.54 Å². The number of amides is 2. The van der Waals surface area contributed by atoms with Crippen molar-refractivity contribution in [1.29, 1.82) is 0 Å². The molecule has 7 heteroatoms. The molecule has 32 heavy (non-hydrogen) atoms. The fourth-order valence-corrected chi connectivity index (χ4v) is 3.57. The molecule has 0 fully saturated rings. The maximum atomic E-state index is 12.7. The van der Waals surface area contributed by atoms with Gasteiger partial charge in [0.25, 0.3) is 0 Å². The summed E-state index contributed by atoms with van der Waals surface area (Å²) >= 11 is 6.05. The molecule has 0 aliphatic heterocycles. The van der Waals surface area contributed by atoms with E-state index in [-0.39, 0.29) is 6.03 Å². The van der Waals surface area contributed by atoms with Crippen LogP contribution in [-0.4, -0.2) is 15.8 Å². The summed E-state index contributed by atoms with van der Waals surface area (Å²) in [6.45, 7) is 2.91. The summed E-state index contributed by atoms with van der Waals surface area (Å²) in [7, 11) is 0. The Morgan fingerprint density at radius 2 is 1.72 bits per heavy atom. The van der Waals surface area contributed by atoms with Crippen LogP contribution in [0.5, 0.6) is 0 Å². The van der Waals surface area contributed by atoms with Crippen LogP contribution in [0.4, 0.5) is 16.3 Å². The lowest BCUT2D eigenvalue weighted by Crippen LogP contribution is -2.28. The van der Waals surface area contributed by atoms with E-state index in [0.29, 0.717) is 35.3 Å². The van der Waals surface area contributed by atoms with E-state index in [4.69, 9.17) is 22.4 Å². The molecule has 0 aliphatic rings. The van der Waals surface area contributed by atoms with Gasteiger partial charge in [-0.1, -0.05) is 83.9 Å². The number of halogens is 1. The number of benzene rings is 3. The van der Waals surface area contributed by atoms with E-state index in [2.05, 4.69) is 10.6 Å². The molecule has 0 bridgehead atoms. The number of anilines is 2. The van der Waals surface area contributed by atoms with Crippen molar-refractivity contribution in [2.75, 3.05) is 11.1 Å². The SMILES string of the molecule is Cc1cccc(CNC(=O)Nc2c(-c3ccc(Cl)cc3)nn(Cc3ccccc3)c2N)c1. The van der Waals surface area contributed by atoms with Crippen LogP contribution in [0.25, 0.3) is 11.3 Å². The number of nitrogens with one attached hydrogen (secondary N) is 2. The quantitative estimate of drug-likeness (QED) is 0.368. The Labute approximate surface area is 192 Å². The molecule has 0 saturated heterocycles. The van der Waals surface area contributed by atoms with Crippen LogP contribution in [0, 0.1) is 6.92 Å². The Balaban J connectivity index is 1.59. The Morgan fingerprint density at radius 1 is 1.00 bits per heavy atom.